The number of aromatic nitrogens is 4. The summed E-state index contributed by atoms with van der Waals surface area (Å²) < 4.78 is 18.7. The molecule has 1 N–H and O–H groups in total. The highest BCUT2D eigenvalue weighted by molar-refractivity contribution is 6.33. The van der Waals surface area contributed by atoms with Crippen molar-refractivity contribution in [2.75, 3.05) is 14.2 Å². The van der Waals surface area contributed by atoms with Crippen molar-refractivity contribution < 1.29 is 19.3 Å². The van der Waals surface area contributed by atoms with Gasteiger partial charge in [-0.15, -0.1) is 5.10 Å². The zero-order valence-corrected chi connectivity index (χ0v) is 19.5. The third-order valence-electron chi connectivity index (χ3n) is 6.05. The lowest BCUT2D eigenvalue weighted by atomic mass is 9.83. The Morgan fingerprint density at radius 1 is 1.00 bits per heavy atom. The number of fused-ring (bicyclic) bond motifs is 4. The molecule has 2 aromatic heterocycles. The van der Waals surface area contributed by atoms with E-state index in [0.29, 0.717) is 39.6 Å². The molecule has 0 unspecified atom stereocenters. The van der Waals surface area contributed by atoms with Crippen molar-refractivity contribution in [2.45, 2.75) is 5.92 Å². The lowest BCUT2D eigenvalue weighted by molar-refractivity contribution is 0.354. The van der Waals surface area contributed by atoms with Crippen molar-refractivity contribution in [3.63, 3.8) is 0 Å². The van der Waals surface area contributed by atoms with Crippen molar-refractivity contribution in [3.8, 4) is 40.3 Å². The van der Waals surface area contributed by atoms with E-state index in [1.165, 1.54) is 0 Å². The largest absolute Gasteiger partial charge is 0.508 e. The average Bonchev–Trinajstić information content (AvgIpc) is 3.31. The molecule has 0 amide bonds. The van der Waals surface area contributed by atoms with Crippen LogP contribution in [0, 0.1) is 0 Å². The maximum atomic E-state index is 10.1. The highest BCUT2D eigenvalue weighted by atomic mass is 35.5. The molecule has 9 heteroatoms. The second kappa shape index (κ2) is 8.18. The van der Waals surface area contributed by atoms with Gasteiger partial charge in [0.1, 0.15) is 17.8 Å². The Kier molecular flexibility index (Phi) is 4.96. The van der Waals surface area contributed by atoms with Gasteiger partial charge in [-0.2, -0.15) is 0 Å². The van der Waals surface area contributed by atoms with E-state index >= 15 is 0 Å². The van der Waals surface area contributed by atoms with E-state index < -0.39 is 0 Å². The van der Waals surface area contributed by atoms with Crippen LogP contribution in [0.25, 0.3) is 17.0 Å². The predicted octanol–water partition coefficient (Wildman–Crippen LogP) is 5.45. The number of benzene rings is 3. The van der Waals surface area contributed by atoms with E-state index in [1.807, 2.05) is 42.5 Å². The second-order valence-electron chi connectivity index (χ2n) is 8.02. The zero-order valence-electron chi connectivity index (χ0n) is 18.8. The molecular formula is C26H19ClN4O4. The summed E-state index contributed by atoms with van der Waals surface area (Å²) in [5, 5.41) is 15.3. The molecule has 0 aliphatic carbocycles. The molecule has 174 valence electrons. The molecule has 0 fully saturated rings. The molecule has 0 saturated heterocycles. The SMILES string of the molecule is COc1ccc([C@@H]2c3ccc(O)cc3Oc3ncn4nc(-c5ccccc5Cl)nc4c32)cc1OC. The van der Waals surface area contributed by atoms with Crippen LogP contribution in [-0.4, -0.2) is 38.9 Å². The first-order chi connectivity index (χ1) is 17.1. The lowest BCUT2D eigenvalue weighted by Gasteiger charge is -2.28. The summed E-state index contributed by atoms with van der Waals surface area (Å²) in [6.07, 6.45) is 1.56. The Morgan fingerprint density at radius 3 is 2.63 bits per heavy atom. The van der Waals surface area contributed by atoms with Gasteiger partial charge in [-0.1, -0.05) is 35.9 Å². The minimum Gasteiger partial charge on any atom is -0.508 e. The first kappa shape index (κ1) is 21.2. The smallest absolute Gasteiger partial charge is 0.228 e. The summed E-state index contributed by atoms with van der Waals surface area (Å²) in [6, 6.07) is 18.2. The minimum absolute atomic E-state index is 0.0998. The predicted molar refractivity (Wildman–Crippen MR) is 130 cm³/mol. The lowest BCUT2D eigenvalue weighted by Crippen LogP contribution is -2.15. The van der Waals surface area contributed by atoms with Crippen molar-refractivity contribution in [3.05, 3.63) is 88.7 Å². The number of hydrogen-bond acceptors (Lipinski definition) is 7. The normalized spacial score (nSPS) is 14.2. The minimum atomic E-state index is -0.325. The van der Waals surface area contributed by atoms with Gasteiger partial charge in [-0.05, 0) is 35.9 Å². The number of aromatic hydroxyl groups is 1. The van der Waals surface area contributed by atoms with Crippen LogP contribution in [0.15, 0.2) is 67.0 Å². The molecule has 0 radical (unpaired) electrons. The molecule has 0 bridgehead atoms. The van der Waals surface area contributed by atoms with E-state index in [4.69, 9.17) is 30.8 Å². The number of nitrogens with zero attached hydrogens (tertiary/aromatic N) is 4. The summed E-state index contributed by atoms with van der Waals surface area (Å²) in [6.45, 7) is 0. The van der Waals surface area contributed by atoms with Crippen LogP contribution in [0.5, 0.6) is 28.9 Å². The van der Waals surface area contributed by atoms with E-state index in [-0.39, 0.29) is 11.7 Å². The van der Waals surface area contributed by atoms with Crippen molar-refractivity contribution in [1.29, 1.82) is 0 Å². The molecule has 5 aromatic rings. The van der Waals surface area contributed by atoms with Gasteiger partial charge >= 0.3 is 0 Å². The molecule has 1 aliphatic rings. The van der Waals surface area contributed by atoms with E-state index in [9.17, 15) is 5.11 Å². The molecule has 35 heavy (non-hydrogen) atoms. The van der Waals surface area contributed by atoms with Gasteiger partial charge in [0.25, 0.3) is 0 Å². The molecular weight excluding hydrogens is 468 g/mol. The molecule has 0 spiro atoms. The molecule has 8 nitrogen and oxygen atoms in total. The molecule has 3 aromatic carbocycles. The van der Waals surface area contributed by atoms with Crippen molar-refractivity contribution in [2.24, 2.45) is 0 Å². The summed E-state index contributed by atoms with van der Waals surface area (Å²) in [5.41, 5.74) is 3.81. The monoisotopic (exact) mass is 486 g/mol. The van der Waals surface area contributed by atoms with Gasteiger partial charge in [0, 0.05) is 23.1 Å². The molecule has 0 saturated carbocycles. The van der Waals surface area contributed by atoms with Gasteiger partial charge in [-0.3, -0.25) is 0 Å². The van der Waals surface area contributed by atoms with Crippen LogP contribution in [-0.2, 0) is 0 Å². The summed E-state index contributed by atoms with van der Waals surface area (Å²) >= 11 is 6.42. The number of rotatable bonds is 4. The third kappa shape index (κ3) is 3.41. The Hall–Kier alpha value is -4.30. The number of phenolic OH excluding ortho intramolecular Hbond substituents is 1. The van der Waals surface area contributed by atoms with Crippen LogP contribution in [0.2, 0.25) is 5.02 Å². The van der Waals surface area contributed by atoms with E-state index in [0.717, 1.165) is 22.3 Å². The maximum Gasteiger partial charge on any atom is 0.228 e. The topological polar surface area (TPSA) is 91.0 Å². The molecule has 1 aliphatic heterocycles. The number of halogens is 1. The Bertz CT molecular complexity index is 1600. The molecule has 6 rings (SSSR count). The average molecular weight is 487 g/mol. The summed E-state index contributed by atoms with van der Waals surface area (Å²) in [7, 11) is 3.19. The Morgan fingerprint density at radius 2 is 1.83 bits per heavy atom. The fraction of sp³-hybridized carbons (Fsp3) is 0.115. The third-order valence-corrected chi connectivity index (χ3v) is 6.38. The van der Waals surface area contributed by atoms with Gasteiger partial charge in [0.15, 0.2) is 23.0 Å². The number of phenols is 1. The number of hydrogen-bond donors (Lipinski definition) is 1. The van der Waals surface area contributed by atoms with Crippen LogP contribution >= 0.6 is 11.6 Å². The number of ether oxygens (including phenoxy) is 3. The first-order valence-electron chi connectivity index (χ1n) is 10.8. The first-order valence-corrected chi connectivity index (χ1v) is 11.2. The summed E-state index contributed by atoms with van der Waals surface area (Å²) in [4.78, 5) is 9.37. The second-order valence-corrected chi connectivity index (χ2v) is 8.43. The van der Waals surface area contributed by atoms with E-state index in [2.05, 4.69) is 10.1 Å². The van der Waals surface area contributed by atoms with Crippen LogP contribution < -0.4 is 14.2 Å². The summed E-state index contributed by atoms with van der Waals surface area (Å²) in [5.74, 6) is 2.36. The maximum absolute atomic E-state index is 10.1. The standard InChI is InChI=1S/C26H19ClN4O4/c1-33-19-10-7-14(11-21(19)34-2)22-17-9-8-15(32)12-20(17)35-26-23(22)25-29-24(30-31(25)13-28-26)16-5-3-4-6-18(16)27/h3-13,22,32H,1-2H3/t22-/m1/s1. The van der Waals surface area contributed by atoms with Gasteiger partial charge in [-0.25, -0.2) is 14.5 Å². The molecule has 3 heterocycles. The highest BCUT2D eigenvalue weighted by Crippen LogP contribution is 2.49. The van der Waals surface area contributed by atoms with Crippen LogP contribution in [0.4, 0.5) is 0 Å². The molecule has 1 atom stereocenters. The van der Waals surface area contributed by atoms with Crippen LogP contribution in [0.1, 0.15) is 22.6 Å². The fourth-order valence-electron chi connectivity index (χ4n) is 4.44. The Balaban J connectivity index is 1.62. The highest BCUT2D eigenvalue weighted by Gasteiger charge is 2.34. The number of methoxy groups -OCH3 is 2. The van der Waals surface area contributed by atoms with Gasteiger partial charge < -0.3 is 19.3 Å². The van der Waals surface area contributed by atoms with Gasteiger partial charge in [0.2, 0.25) is 5.88 Å². The van der Waals surface area contributed by atoms with E-state index in [1.54, 1.807) is 43.3 Å². The quantitative estimate of drug-likeness (QED) is 0.354. The fourth-order valence-corrected chi connectivity index (χ4v) is 4.66. The van der Waals surface area contributed by atoms with Gasteiger partial charge in [0.05, 0.1) is 24.8 Å². The Labute approximate surface area is 205 Å². The van der Waals surface area contributed by atoms with Crippen molar-refractivity contribution >= 4 is 17.2 Å². The zero-order chi connectivity index (χ0) is 24.1. The van der Waals surface area contributed by atoms with Crippen LogP contribution in [0.3, 0.4) is 0 Å². The van der Waals surface area contributed by atoms with Crippen molar-refractivity contribution in [1.82, 2.24) is 19.6 Å².